The number of fused-ring (bicyclic) bond motifs is 5. The number of nitrogens with zero attached hydrogens (tertiary/aromatic N) is 2. The predicted octanol–water partition coefficient (Wildman–Crippen LogP) is 3.29. The average molecular weight is 475 g/mol. The molecule has 4 atom stereocenters. The summed E-state index contributed by atoms with van der Waals surface area (Å²) in [4.78, 5) is 43.7. The minimum absolute atomic E-state index is 0.0101. The van der Waals surface area contributed by atoms with Crippen LogP contribution in [0.5, 0.6) is 0 Å². The van der Waals surface area contributed by atoms with Crippen molar-refractivity contribution in [1.82, 2.24) is 4.90 Å². The summed E-state index contributed by atoms with van der Waals surface area (Å²) >= 11 is 3.50. The lowest BCUT2D eigenvalue weighted by Gasteiger charge is -2.38. The summed E-state index contributed by atoms with van der Waals surface area (Å²) < 4.78 is 6.02. The van der Waals surface area contributed by atoms with Gasteiger partial charge in [0, 0.05) is 35.8 Å². The Hall–Kier alpha value is -1.99. The zero-order valence-electron chi connectivity index (χ0n) is 17.7. The van der Waals surface area contributed by atoms with Crippen LogP contribution in [0.3, 0.4) is 0 Å². The highest BCUT2D eigenvalue weighted by atomic mass is 79.9. The van der Waals surface area contributed by atoms with Crippen LogP contribution in [0, 0.1) is 17.3 Å². The Morgan fingerprint density at radius 1 is 1.17 bits per heavy atom. The van der Waals surface area contributed by atoms with E-state index < -0.39 is 23.3 Å². The third-order valence-corrected chi connectivity index (χ3v) is 6.79. The van der Waals surface area contributed by atoms with Crippen LogP contribution in [-0.2, 0) is 19.1 Å². The van der Waals surface area contributed by atoms with Gasteiger partial charge < -0.3 is 9.64 Å². The monoisotopic (exact) mass is 474 g/mol. The third-order valence-electron chi connectivity index (χ3n) is 6.30. The average Bonchev–Trinajstić information content (AvgIpc) is 3.15. The number of halogens is 1. The molecule has 160 valence electrons. The van der Waals surface area contributed by atoms with Crippen LogP contribution in [0.25, 0.3) is 6.08 Å². The van der Waals surface area contributed by atoms with Gasteiger partial charge in [0.2, 0.25) is 11.8 Å². The molecule has 2 fully saturated rings. The highest BCUT2D eigenvalue weighted by molar-refractivity contribution is 9.10. The van der Waals surface area contributed by atoms with E-state index in [4.69, 9.17) is 4.74 Å². The van der Waals surface area contributed by atoms with Crippen LogP contribution in [0.4, 0.5) is 5.69 Å². The van der Waals surface area contributed by atoms with Crippen LogP contribution in [-0.4, -0.2) is 54.8 Å². The number of Topliss-reactive ketones (excluding diaryl/α,β-unsaturated/α-hetero) is 1. The van der Waals surface area contributed by atoms with E-state index >= 15 is 0 Å². The van der Waals surface area contributed by atoms with Crippen LogP contribution >= 0.6 is 15.9 Å². The first-order valence-corrected chi connectivity index (χ1v) is 11.1. The summed E-state index contributed by atoms with van der Waals surface area (Å²) in [5.41, 5.74) is 1.24. The second kappa shape index (κ2) is 7.61. The summed E-state index contributed by atoms with van der Waals surface area (Å²) in [5.74, 6) is -1.61. The summed E-state index contributed by atoms with van der Waals surface area (Å²) in [6, 6.07) is 4.93. The van der Waals surface area contributed by atoms with Crippen LogP contribution in [0.2, 0.25) is 0 Å². The van der Waals surface area contributed by atoms with Crippen molar-refractivity contribution in [3.05, 3.63) is 34.3 Å². The molecule has 0 aromatic heterocycles. The van der Waals surface area contributed by atoms with Crippen molar-refractivity contribution in [2.75, 3.05) is 25.2 Å². The molecule has 0 bridgehead atoms. The topological polar surface area (TPSA) is 66.9 Å². The van der Waals surface area contributed by atoms with E-state index in [2.05, 4.69) is 15.9 Å². The van der Waals surface area contributed by atoms with Crippen LogP contribution in [0.15, 0.2) is 28.7 Å². The first kappa shape index (κ1) is 21.2. The zero-order valence-corrected chi connectivity index (χ0v) is 19.3. The maximum atomic E-state index is 13.6. The van der Waals surface area contributed by atoms with Gasteiger partial charge in [-0.3, -0.25) is 19.3 Å². The van der Waals surface area contributed by atoms with E-state index in [0.29, 0.717) is 19.6 Å². The summed E-state index contributed by atoms with van der Waals surface area (Å²) in [5, 5.41) is 0. The van der Waals surface area contributed by atoms with Gasteiger partial charge in [-0.25, -0.2) is 0 Å². The van der Waals surface area contributed by atoms with Gasteiger partial charge in [0.05, 0.1) is 17.9 Å². The quantitative estimate of drug-likeness (QED) is 0.483. The maximum absolute atomic E-state index is 13.6. The molecule has 3 aliphatic heterocycles. The normalized spacial score (nSPS) is 27.4. The molecule has 1 aromatic rings. The van der Waals surface area contributed by atoms with E-state index in [-0.39, 0.29) is 23.6 Å². The minimum Gasteiger partial charge on any atom is -0.385 e. The lowest BCUT2D eigenvalue weighted by Crippen LogP contribution is -2.51. The lowest BCUT2D eigenvalue weighted by atomic mass is 9.79. The number of methoxy groups -OCH3 is 1. The number of hydrogen-bond donors (Lipinski definition) is 0. The molecule has 0 N–H and O–H groups in total. The van der Waals surface area contributed by atoms with Gasteiger partial charge in [0.1, 0.15) is 6.04 Å². The molecule has 0 radical (unpaired) electrons. The summed E-state index contributed by atoms with van der Waals surface area (Å²) in [6.07, 6.45) is 4.56. The van der Waals surface area contributed by atoms with E-state index in [1.165, 1.54) is 4.90 Å². The Kier molecular flexibility index (Phi) is 5.39. The fourth-order valence-corrected chi connectivity index (χ4v) is 5.32. The number of amides is 2. The van der Waals surface area contributed by atoms with Gasteiger partial charge in [0.15, 0.2) is 5.78 Å². The number of anilines is 1. The van der Waals surface area contributed by atoms with Crippen molar-refractivity contribution in [2.24, 2.45) is 17.3 Å². The Balaban J connectivity index is 1.78. The largest absolute Gasteiger partial charge is 0.385 e. The molecule has 0 saturated carbocycles. The Morgan fingerprint density at radius 2 is 1.87 bits per heavy atom. The van der Waals surface area contributed by atoms with E-state index in [1.807, 2.05) is 56.0 Å². The van der Waals surface area contributed by atoms with Gasteiger partial charge in [-0.1, -0.05) is 48.9 Å². The standard InChI is InChI=1S/C23H27BrN2O4/c1-23(2,3)20(27)19-18-17(21(28)25(22(18)29)10-5-11-30-4)16-8-6-13-12-14(24)7-9-15(13)26(16)19/h6-9,12,16-19H,5,10-11H2,1-4H3/t16-,17+,18+,19+/m1/s1. The van der Waals surface area contributed by atoms with Gasteiger partial charge in [-0.2, -0.15) is 0 Å². The van der Waals surface area contributed by atoms with Gasteiger partial charge in [0.25, 0.3) is 0 Å². The van der Waals surface area contributed by atoms with Gasteiger partial charge in [-0.05, 0) is 30.2 Å². The Bertz CT molecular complexity index is 936. The third kappa shape index (κ3) is 3.23. The van der Waals surface area contributed by atoms with Crippen LogP contribution in [0.1, 0.15) is 32.8 Å². The predicted molar refractivity (Wildman–Crippen MR) is 118 cm³/mol. The number of ether oxygens (including phenoxy) is 1. The lowest BCUT2D eigenvalue weighted by molar-refractivity contribution is -0.142. The highest BCUT2D eigenvalue weighted by Crippen LogP contribution is 2.50. The maximum Gasteiger partial charge on any atom is 0.235 e. The highest BCUT2D eigenvalue weighted by Gasteiger charge is 2.64. The molecule has 7 heteroatoms. The van der Waals surface area contributed by atoms with E-state index in [9.17, 15) is 14.4 Å². The van der Waals surface area contributed by atoms with Gasteiger partial charge in [-0.15, -0.1) is 0 Å². The molecule has 3 aliphatic rings. The van der Waals surface area contributed by atoms with Gasteiger partial charge >= 0.3 is 0 Å². The first-order valence-electron chi connectivity index (χ1n) is 10.3. The Morgan fingerprint density at radius 3 is 2.53 bits per heavy atom. The number of carbonyl (C=O) groups is 3. The molecule has 3 heterocycles. The molecule has 30 heavy (non-hydrogen) atoms. The molecule has 0 spiro atoms. The van der Waals surface area contributed by atoms with E-state index in [0.717, 1.165) is 15.7 Å². The van der Waals surface area contributed by atoms with Crippen molar-refractivity contribution >= 4 is 45.3 Å². The Labute approximate surface area is 185 Å². The van der Waals surface area contributed by atoms with Crippen molar-refractivity contribution in [1.29, 1.82) is 0 Å². The molecular weight excluding hydrogens is 448 g/mol. The number of ketones is 1. The molecule has 2 amide bonds. The molecule has 0 unspecified atom stereocenters. The number of rotatable bonds is 5. The molecule has 4 rings (SSSR count). The summed E-state index contributed by atoms with van der Waals surface area (Å²) in [7, 11) is 1.60. The SMILES string of the molecule is COCCCN1C(=O)[C@@H]2[C@H](C1=O)[C@@H](C(=O)C(C)(C)C)N1c3ccc(Br)cc3C=C[C@H]21. The van der Waals surface area contributed by atoms with Crippen molar-refractivity contribution in [2.45, 2.75) is 39.3 Å². The number of hydrogen-bond acceptors (Lipinski definition) is 5. The first-order chi connectivity index (χ1) is 14.2. The van der Waals surface area contributed by atoms with Crippen LogP contribution < -0.4 is 4.90 Å². The molecule has 6 nitrogen and oxygen atoms in total. The summed E-state index contributed by atoms with van der Waals surface area (Å²) in [6.45, 7) is 6.43. The number of benzene rings is 1. The molecular formula is C23H27BrN2O4. The van der Waals surface area contributed by atoms with Crippen molar-refractivity contribution in [3.8, 4) is 0 Å². The second-order valence-electron chi connectivity index (χ2n) is 9.25. The number of carbonyl (C=O) groups excluding carboxylic acids is 3. The number of likely N-dealkylation sites (tertiary alicyclic amines) is 1. The number of imide groups is 1. The van der Waals surface area contributed by atoms with Crippen molar-refractivity contribution in [3.63, 3.8) is 0 Å². The van der Waals surface area contributed by atoms with Crippen molar-refractivity contribution < 1.29 is 19.1 Å². The van der Waals surface area contributed by atoms with E-state index in [1.54, 1.807) is 7.11 Å². The molecule has 2 saturated heterocycles. The fraction of sp³-hybridized carbons (Fsp3) is 0.522. The fourth-order valence-electron chi connectivity index (χ4n) is 4.94. The molecule has 0 aliphatic carbocycles. The minimum atomic E-state index is -0.659. The molecule has 1 aromatic carbocycles. The second-order valence-corrected chi connectivity index (χ2v) is 10.2. The smallest absolute Gasteiger partial charge is 0.235 e. The zero-order chi connectivity index (χ0) is 21.8.